The number of nitrogens with zero attached hydrogens (tertiary/aromatic N) is 3. The number of hydrogen-bond donors (Lipinski definition) is 1. The van der Waals surface area contributed by atoms with E-state index in [1.807, 2.05) is 0 Å². The third kappa shape index (κ3) is 3.75. The Morgan fingerprint density at radius 2 is 2.16 bits per heavy atom. The fourth-order valence-electron chi connectivity index (χ4n) is 3.27. The van der Waals surface area contributed by atoms with E-state index < -0.39 is 0 Å². The molecule has 0 saturated heterocycles. The smallest absolute Gasteiger partial charge is 0.275 e. The highest BCUT2D eigenvalue weighted by Crippen LogP contribution is 2.23. The minimum atomic E-state index is -0.112. The van der Waals surface area contributed by atoms with Crippen LogP contribution in [0.2, 0.25) is 0 Å². The van der Waals surface area contributed by atoms with Gasteiger partial charge >= 0.3 is 0 Å². The van der Waals surface area contributed by atoms with Crippen molar-refractivity contribution < 1.29 is 9.21 Å². The Balaban J connectivity index is 1.38. The van der Waals surface area contributed by atoms with Gasteiger partial charge in [0.05, 0.1) is 6.54 Å². The largest absolute Gasteiger partial charge is 0.447 e. The number of carbonyl (C=O) groups is 1. The number of hydrogen-bond acceptors (Lipinski definition) is 5. The summed E-state index contributed by atoms with van der Waals surface area (Å²) in [5.74, 6) is 0.461. The summed E-state index contributed by atoms with van der Waals surface area (Å²) in [6, 6.07) is 7.07. The maximum Gasteiger partial charge on any atom is 0.275 e. The standard InChI is InChI=1S/C19H24N4O2/c1-22-10-14-4-3-13(7-15(14)11-22)9-23(2)19(24)17-12-25-18(21-17)8-20-16-5-6-16/h3-4,7,12,16,20H,5-6,8-11H2,1-2H3. The number of fused-ring (bicyclic) bond motifs is 1. The van der Waals surface area contributed by atoms with Crippen LogP contribution in [0.25, 0.3) is 0 Å². The van der Waals surface area contributed by atoms with Crippen LogP contribution in [0.15, 0.2) is 28.9 Å². The molecular formula is C19H24N4O2. The average molecular weight is 340 g/mol. The van der Waals surface area contributed by atoms with Crippen molar-refractivity contribution in [1.29, 1.82) is 0 Å². The van der Waals surface area contributed by atoms with Gasteiger partial charge in [0.15, 0.2) is 5.69 Å². The first-order chi connectivity index (χ1) is 12.1. The van der Waals surface area contributed by atoms with Gasteiger partial charge in [0, 0.05) is 32.7 Å². The summed E-state index contributed by atoms with van der Waals surface area (Å²) in [6.45, 7) is 3.13. The first-order valence-electron chi connectivity index (χ1n) is 8.81. The van der Waals surface area contributed by atoms with Crippen LogP contribution >= 0.6 is 0 Å². The van der Waals surface area contributed by atoms with Gasteiger partial charge in [-0.05, 0) is 36.6 Å². The highest BCUT2D eigenvalue weighted by Gasteiger charge is 2.22. The van der Waals surface area contributed by atoms with Crippen molar-refractivity contribution >= 4 is 5.91 Å². The van der Waals surface area contributed by atoms with Crippen LogP contribution in [0.1, 0.15) is 45.9 Å². The maximum absolute atomic E-state index is 12.6. The molecule has 1 aliphatic heterocycles. The van der Waals surface area contributed by atoms with Crippen molar-refractivity contribution in [3.63, 3.8) is 0 Å². The molecule has 0 spiro atoms. The zero-order valence-electron chi connectivity index (χ0n) is 14.8. The summed E-state index contributed by atoms with van der Waals surface area (Å²) in [5.41, 5.74) is 4.25. The second-order valence-electron chi connectivity index (χ2n) is 7.22. The minimum Gasteiger partial charge on any atom is -0.447 e. The third-order valence-electron chi connectivity index (χ3n) is 4.81. The molecule has 1 amide bonds. The number of oxazole rings is 1. The zero-order valence-corrected chi connectivity index (χ0v) is 14.8. The molecule has 0 radical (unpaired) electrons. The lowest BCUT2D eigenvalue weighted by molar-refractivity contribution is 0.0779. The topological polar surface area (TPSA) is 61.6 Å². The van der Waals surface area contributed by atoms with Gasteiger partial charge < -0.3 is 14.6 Å². The molecule has 1 aromatic carbocycles. The SMILES string of the molecule is CN1Cc2ccc(CN(C)C(=O)c3coc(CNC4CC4)n3)cc2C1. The predicted octanol–water partition coefficient (Wildman–Crippen LogP) is 2.14. The fraction of sp³-hybridized carbons (Fsp3) is 0.474. The number of carbonyl (C=O) groups excluding carboxylic acids is 1. The Hall–Kier alpha value is -2.18. The lowest BCUT2D eigenvalue weighted by atomic mass is 10.1. The van der Waals surface area contributed by atoms with E-state index in [1.165, 1.54) is 30.2 Å². The van der Waals surface area contributed by atoms with Crippen LogP contribution in [-0.2, 0) is 26.2 Å². The molecule has 25 heavy (non-hydrogen) atoms. The second-order valence-corrected chi connectivity index (χ2v) is 7.22. The van der Waals surface area contributed by atoms with Gasteiger partial charge in [-0.15, -0.1) is 0 Å². The molecule has 1 aromatic heterocycles. The van der Waals surface area contributed by atoms with E-state index in [1.54, 1.807) is 11.9 Å². The van der Waals surface area contributed by atoms with Crippen molar-refractivity contribution in [2.75, 3.05) is 14.1 Å². The molecule has 1 fully saturated rings. The normalized spacial score (nSPS) is 16.9. The molecule has 4 rings (SSSR count). The number of nitrogens with one attached hydrogen (secondary N) is 1. The van der Waals surface area contributed by atoms with Gasteiger partial charge in [-0.25, -0.2) is 4.98 Å². The van der Waals surface area contributed by atoms with Gasteiger partial charge in [0.25, 0.3) is 5.91 Å². The molecule has 0 bridgehead atoms. The highest BCUT2D eigenvalue weighted by atomic mass is 16.3. The van der Waals surface area contributed by atoms with Gasteiger partial charge in [-0.2, -0.15) is 0 Å². The quantitative estimate of drug-likeness (QED) is 0.873. The summed E-state index contributed by atoms with van der Waals surface area (Å²) < 4.78 is 5.41. The van der Waals surface area contributed by atoms with Gasteiger partial charge in [-0.3, -0.25) is 9.69 Å². The van der Waals surface area contributed by atoms with E-state index in [2.05, 4.69) is 40.4 Å². The molecule has 0 atom stereocenters. The van der Waals surface area contributed by atoms with Crippen LogP contribution < -0.4 is 5.32 Å². The number of amides is 1. The highest BCUT2D eigenvalue weighted by molar-refractivity contribution is 5.91. The fourth-order valence-corrected chi connectivity index (χ4v) is 3.27. The first kappa shape index (κ1) is 16.3. The molecule has 1 saturated carbocycles. The summed E-state index contributed by atoms with van der Waals surface area (Å²) >= 11 is 0. The summed E-state index contributed by atoms with van der Waals surface area (Å²) in [6.07, 6.45) is 3.89. The van der Waals surface area contributed by atoms with E-state index >= 15 is 0 Å². The molecule has 2 heterocycles. The van der Waals surface area contributed by atoms with Crippen molar-refractivity contribution in [1.82, 2.24) is 20.1 Å². The summed E-state index contributed by atoms with van der Waals surface area (Å²) in [7, 11) is 3.92. The maximum atomic E-state index is 12.6. The molecule has 6 nitrogen and oxygen atoms in total. The Morgan fingerprint density at radius 1 is 1.36 bits per heavy atom. The summed E-state index contributed by atoms with van der Waals surface area (Å²) in [4.78, 5) is 20.9. The lowest BCUT2D eigenvalue weighted by Gasteiger charge is -2.16. The Bertz CT molecular complexity index is 781. The minimum absolute atomic E-state index is 0.112. The van der Waals surface area contributed by atoms with E-state index in [-0.39, 0.29) is 5.91 Å². The molecule has 2 aliphatic rings. The van der Waals surface area contributed by atoms with Crippen LogP contribution in [0.5, 0.6) is 0 Å². The number of rotatable bonds is 6. The number of benzene rings is 1. The molecule has 1 aliphatic carbocycles. The third-order valence-corrected chi connectivity index (χ3v) is 4.81. The summed E-state index contributed by atoms with van der Waals surface area (Å²) in [5, 5.41) is 3.34. The van der Waals surface area contributed by atoms with Gasteiger partial charge in [-0.1, -0.05) is 18.2 Å². The second kappa shape index (κ2) is 6.61. The van der Waals surface area contributed by atoms with E-state index in [0.29, 0.717) is 30.7 Å². The Morgan fingerprint density at radius 3 is 2.96 bits per heavy atom. The van der Waals surface area contributed by atoms with Crippen LogP contribution in [-0.4, -0.2) is 40.8 Å². The van der Waals surface area contributed by atoms with E-state index in [9.17, 15) is 4.79 Å². The molecule has 0 unspecified atom stereocenters. The van der Waals surface area contributed by atoms with Gasteiger partial charge in [0.1, 0.15) is 6.26 Å². The Labute approximate surface area is 147 Å². The molecule has 132 valence electrons. The molecule has 6 heteroatoms. The van der Waals surface area contributed by atoms with Crippen molar-refractivity contribution in [2.45, 2.75) is 45.1 Å². The van der Waals surface area contributed by atoms with Gasteiger partial charge in [0.2, 0.25) is 5.89 Å². The van der Waals surface area contributed by atoms with E-state index in [0.717, 1.165) is 18.7 Å². The average Bonchev–Trinajstić information content (AvgIpc) is 3.17. The molecular weight excluding hydrogens is 316 g/mol. The monoisotopic (exact) mass is 340 g/mol. The van der Waals surface area contributed by atoms with Crippen molar-refractivity contribution in [3.8, 4) is 0 Å². The van der Waals surface area contributed by atoms with Crippen LogP contribution in [0.3, 0.4) is 0 Å². The van der Waals surface area contributed by atoms with Crippen LogP contribution in [0.4, 0.5) is 0 Å². The predicted molar refractivity (Wildman–Crippen MR) is 93.8 cm³/mol. The Kier molecular flexibility index (Phi) is 4.31. The number of aromatic nitrogens is 1. The molecule has 1 N–H and O–H groups in total. The van der Waals surface area contributed by atoms with Crippen molar-refractivity contribution in [3.05, 3.63) is 52.7 Å². The lowest BCUT2D eigenvalue weighted by Crippen LogP contribution is -2.26. The van der Waals surface area contributed by atoms with Crippen molar-refractivity contribution in [2.24, 2.45) is 0 Å². The van der Waals surface area contributed by atoms with Crippen LogP contribution in [0, 0.1) is 0 Å². The first-order valence-corrected chi connectivity index (χ1v) is 8.81. The van der Waals surface area contributed by atoms with E-state index in [4.69, 9.17) is 4.42 Å². The molecule has 2 aromatic rings. The zero-order chi connectivity index (χ0) is 17.4.